The van der Waals surface area contributed by atoms with E-state index < -0.39 is 5.97 Å². The van der Waals surface area contributed by atoms with Crippen molar-refractivity contribution in [2.45, 2.75) is 26.2 Å². The van der Waals surface area contributed by atoms with Crippen LogP contribution in [0.3, 0.4) is 0 Å². The van der Waals surface area contributed by atoms with Crippen molar-refractivity contribution in [3.8, 4) is 5.75 Å². The predicted molar refractivity (Wildman–Crippen MR) is 81.2 cm³/mol. The Morgan fingerprint density at radius 3 is 2.67 bits per heavy atom. The number of benzene rings is 1. The molecular weight excluding hydrogens is 296 g/mol. The number of amides is 2. The second-order valence-electron chi connectivity index (χ2n) is 4.53. The van der Waals surface area contributed by atoms with Crippen molar-refractivity contribution in [1.82, 2.24) is 5.32 Å². The van der Waals surface area contributed by atoms with Gasteiger partial charge in [0.15, 0.2) is 0 Å². The minimum Gasteiger partial charge on any atom is -0.495 e. The summed E-state index contributed by atoms with van der Waals surface area (Å²) < 4.78 is 5.16. The molecule has 0 aliphatic rings. The summed E-state index contributed by atoms with van der Waals surface area (Å²) in [4.78, 5) is 22.1. The van der Waals surface area contributed by atoms with Crippen molar-refractivity contribution in [1.29, 1.82) is 0 Å². The van der Waals surface area contributed by atoms with Crippen LogP contribution in [0, 0.1) is 6.92 Å². The van der Waals surface area contributed by atoms with Gasteiger partial charge in [-0.3, -0.25) is 4.79 Å². The summed E-state index contributed by atoms with van der Waals surface area (Å²) in [6.45, 7) is 2.24. The molecule has 0 aliphatic carbocycles. The summed E-state index contributed by atoms with van der Waals surface area (Å²) in [6, 6.07) is 3.00. The van der Waals surface area contributed by atoms with Gasteiger partial charge in [-0.05, 0) is 31.4 Å². The number of carbonyl (C=O) groups excluding carboxylic acids is 1. The normalized spacial score (nSPS) is 10.0. The summed E-state index contributed by atoms with van der Waals surface area (Å²) in [5.41, 5.74) is 1.36. The molecule has 21 heavy (non-hydrogen) atoms. The first-order valence-corrected chi connectivity index (χ1v) is 6.92. The number of hydrogen-bond donors (Lipinski definition) is 3. The molecule has 0 atom stereocenters. The number of carbonyl (C=O) groups is 2. The van der Waals surface area contributed by atoms with Gasteiger partial charge in [0.1, 0.15) is 5.75 Å². The molecule has 3 N–H and O–H groups in total. The lowest BCUT2D eigenvalue weighted by molar-refractivity contribution is -0.137. The largest absolute Gasteiger partial charge is 0.495 e. The number of aryl methyl sites for hydroxylation is 1. The molecule has 1 aromatic carbocycles. The van der Waals surface area contributed by atoms with Crippen LogP contribution in [0.15, 0.2) is 12.1 Å². The van der Waals surface area contributed by atoms with Crippen LogP contribution < -0.4 is 15.4 Å². The highest BCUT2D eigenvalue weighted by Gasteiger charge is 2.10. The molecule has 0 saturated heterocycles. The fraction of sp³-hybridized carbons (Fsp3) is 0.429. The second kappa shape index (κ2) is 8.36. The molecule has 0 bridgehead atoms. The Hall–Kier alpha value is -1.95. The first-order valence-electron chi connectivity index (χ1n) is 6.55. The number of urea groups is 1. The van der Waals surface area contributed by atoms with Gasteiger partial charge in [-0.15, -0.1) is 0 Å². The predicted octanol–water partition coefficient (Wildman–Crippen LogP) is 3.03. The Kier molecular flexibility index (Phi) is 6.81. The quantitative estimate of drug-likeness (QED) is 0.675. The van der Waals surface area contributed by atoms with Gasteiger partial charge >= 0.3 is 12.0 Å². The van der Waals surface area contributed by atoms with Crippen LogP contribution in [0.2, 0.25) is 5.02 Å². The third kappa shape index (κ3) is 5.91. The number of halogens is 1. The topological polar surface area (TPSA) is 87.7 Å². The van der Waals surface area contributed by atoms with E-state index in [2.05, 4.69) is 10.6 Å². The highest BCUT2D eigenvalue weighted by Crippen LogP contribution is 2.30. The van der Waals surface area contributed by atoms with E-state index in [4.69, 9.17) is 21.4 Å². The first kappa shape index (κ1) is 17.1. The number of rotatable bonds is 7. The van der Waals surface area contributed by atoms with Crippen LogP contribution in [0.1, 0.15) is 24.8 Å². The maximum atomic E-state index is 11.7. The molecule has 1 aromatic rings. The Bertz CT molecular complexity index is 520. The van der Waals surface area contributed by atoms with Crippen molar-refractivity contribution in [3.63, 3.8) is 0 Å². The van der Waals surface area contributed by atoms with Crippen LogP contribution >= 0.6 is 11.6 Å². The zero-order valence-corrected chi connectivity index (χ0v) is 12.8. The van der Waals surface area contributed by atoms with Crippen LogP contribution in [-0.4, -0.2) is 30.8 Å². The summed E-state index contributed by atoms with van der Waals surface area (Å²) >= 11 is 5.99. The highest BCUT2D eigenvalue weighted by molar-refractivity contribution is 6.31. The summed E-state index contributed by atoms with van der Waals surface area (Å²) in [6.07, 6.45) is 1.24. The van der Waals surface area contributed by atoms with E-state index in [0.29, 0.717) is 35.8 Å². The summed E-state index contributed by atoms with van der Waals surface area (Å²) in [7, 11) is 1.50. The average molecular weight is 315 g/mol. The lowest BCUT2D eigenvalue weighted by Crippen LogP contribution is -2.29. The smallest absolute Gasteiger partial charge is 0.319 e. The number of carboxylic acids is 1. The second-order valence-corrected chi connectivity index (χ2v) is 4.94. The summed E-state index contributed by atoms with van der Waals surface area (Å²) in [5, 5.41) is 14.4. The molecular formula is C14H19ClN2O4. The van der Waals surface area contributed by atoms with Crippen molar-refractivity contribution < 1.29 is 19.4 Å². The molecule has 0 fully saturated rings. The Morgan fingerprint density at radius 1 is 1.33 bits per heavy atom. The lowest BCUT2D eigenvalue weighted by atomic mass is 10.2. The third-order valence-electron chi connectivity index (χ3n) is 2.83. The molecule has 7 heteroatoms. The van der Waals surface area contributed by atoms with Gasteiger partial charge < -0.3 is 20.5 Å². The maximum Gasteiger partial charge on any atom is 0.319 e. The molecule has 6 nitrogen and oxygen atoms in total. The van der Waals surface area contributed by atoms with Crippen LogP contribution in [0.4, 0.5) is 10.5 Å². The Balaban J connectivity index is 2.47. The number of aliphatic carboxylic acids is 1. The molecule has 1 rings (SSSR count). The first-order chi connectivity index (χ1) is 9.93. The molecule has 0 aliphatic heterocycles. The minimum atomic E-state index is -0.833. The Morgan fingerprint density at radius 2 is 2.05 bits per heavy atom. The number of hydrogen-bond acceptors (Lipinski definition) is 3. The van der Waals surface area contributed by atoms with Gasteiger partial charge in [0.2, 0.25) is 0 Å². The monoisotopic (exact) mass is 314 g/mol. The molecule has 0 unspecified atom stereocenters. The van der Waals surface area contributed by atoms with E-state index in [9.17, 15) is 9.59 Å². The van der Waals surface area contributed by atoms with Gasteiger partial charge in [0.25, 0.3) is 0 Å². The van der Waals surface area contributed by atoms with E-state index >= 15 is 0 Å². The van der Waals surface area contributed by atoms with E-state index in [1.807, 2.05) is 6.92 Å². The van der Waals surface area contributed by atoms with Crippen molar-refractivity contribution in [2.75, 3.05) is 19.0 Å². The molecule has 0 heterocycles. The SMILES string of the molecule is COc1cc(Cl)c(C)cc1NC(=O)NCCCCC(=O)O. The van der Waals surface area contributed by atoms with Crippen molar-refractivity contribution in [2.24, 2.45) is 0 Å². The number of ether oxygens (including phenoxy) is 1. The van der Waals surface area contributed by atoms with E-state index in [-0.39, 0.29) is 12.5 Å². The molecule has 0 saturated carbocycles. The number of nitrogens with one attached hydrogen (secondary N) is 2. The highest BCUT2D eigenvalue weighted by atomic mass is 35.5. The fourth-order valence-electron chi connectivity index (χ4n) is 1.70. The third-order valence-corrected chi connectivity index (χ3v) is 3.24. The average Bonchev–Trinajstić information content (AvgIpc) is 2.41. The van der Waals surface area contributed by atoms with Gasteiger partial charge in [0, 0.05) is 24.1 Å². The lowest BCUT2D eigenvalue weighted by Gasteiger charge is -2.13. The van der Waals surface area contributed by atoms with Crippen LogP contribution in [0.5, 0.6) is 5.75 Å². The standard InChI is InChI=1S/C14H19ClN2O4/c1-9-7-11(12(21-2)8-10(9)15)17-14(20)16-6-4-3-5-13(18)19/h7-8H,3-6H2,1-2H3,(H,18,19)(H2,16,17,20). The van der Waals surface area contributed by atoms with E-state index in [0.717, 1.165) is 5.56 Å². The van der Waals surface area contributed by atoms with Crippen molar-refractivity contribution >= 4 is 29.3 Å². The summed E-state index contributed by atoms with van der Waals surface area (Å²) in [5.74, 6) is -0.354. The van der Waals surface area contributed by atoms with Crippen LogP contribution in [-0.2, 0) is 4.79 Å². The molecule has 2 amide bonds. The molecule has 0 radical (unpaired) electrons. The molecule has 0 spiro atoms. The molecule has 0 aromatic heterocycles. The number of anilines is 1. The van der Waals surface area contributed by atoms with Crippen molar-refractivity contribution in [3.05, 3.63) is 22.7 Å². The van der Waals surface area contributed by atoms with Gasteiger partial charge in [0.05, 0.1) is 12.8 Å². The van der Waals surface area contributed by atoms with Gasteiger partial charge in [-0.1, -0.05) is 11.6 Å². The zero-order valence-electron chi connectivity index (χ0n) is 12.0. The fourth-order valence-corrected chi connectivity index (χ4v) is 1.85. The maximum absolute atomic E-state index is 11.7. The number of carboxylic acid groups (broad SMARTS) is 1. The van der Waals surface area contributed by atoms with Gasteiger partial charge in [-0.2, -0.15) is 0 Å². The van der Waals surface area contributed by atoms with E-state index in [1.165, 1.54) is 7.11 Å². The Labute approximate surface area is 128 Å². The minimum absolute atomic E-state index is 0.105. The van der Waals surface area contributed by atoms with Crippen LogP contribution in [0.25, 0.3) is 0 Å². The van der Waals surface area contributed by atoms with E-state index in [1.54, 1.807) is 12.1 Å². The van der Waals surface area contributed by atoms with Gasteiger partial charge in [-0.25, -0.2) is 4.79 Å². The number of methoxy groups -OCH3 is 1. The molecule has 116 valence electrons. The number of unbranched alkanes of at least 4 members (excludes halogenated alkanes) is 1. The zero-order chi connectivity index (χ0) is 15.8.